The molecule has 1 N–H and O–H groups in total. The molecule has 1 aromatic heterocycles. The Labute approximate surface area is 129 Å². The standard InChI is InChI=1S/C17H32N4/c1-6-14-12-15(20(5)19-14)13-16(18-7-2)17(3,4)21-10-8-9-11-21/h12,16,18H,6-11,13H2,1-5H3. The summed E-state index contributed by atoms with van der Waals surface area (Å²) in [5.74, 6) is 0. The van der Waals surface area contributed by atoms with Gasteiger partial charge in [-0.25, -0.2) is 0 Å². The van der Waals surface area contributed by atoms with Gasteiger partial charge in [0.25, 0.3) is 0 Å². The lowest BCUT2D eigenvalue weighted by Gasteiger charge is -2.42. The maximum Gasteiger partial charge on any atom is 0.0624 e. The molecule has 0 aromatic carbocycles. The zero-order valence-corrected chi connectivity index (χ0v) is 14.4. The first-order valence-electron chi connectivity index (χ1n) is 8.49. The highest BCUT2D eigenvalue weighted by Gasteiger charge is 2.36. The molecule has 1 unspecified atom stereocenters. The SMILES string of the molecule is CCNC(Cc1cc(CC)nn1C)C(C)(C)N1CCCC1. The van der Waals surface area contributed by atoms with Gasteiger partial charge in [0, 0.05) is 30.7 Å². The van der Waals surface area contributed by atoms with Gasteiger partial charge >= 0.3 is 0 Å². The van der Waals surface area contributed by atoms with Crippen LogP contribution in [0.25, 0.3) is 0 Å². The monoisotopic (exact) mass is 292 g/mol. The summed E-state index contributed by atoms with van der Waals surface area (Å²) >= 11 is 0. The van der Waals surface area contributed by atoms with Crippen LogP contribution in [0.3, 0.4) is 0 Å². The van der Waals surface area contributed by atoms with Gasteiger partial charge in [-0.2, -0.15) is 5.10 Å². The Balaban J connectivity index is 2.15. The number of likely N-dealkylation sites (N-methyl/N-ethyl adjacent to an activating group) is 1. The Hall–Kier alpha value is -0.870. The van der Waals surface area contributed by atoms with Crippen LogP contribution in [0.15, 0.2) is 6.07 Å². The number of nitrogens with one attached hydrogen (secondary N) is 1. The highest BCUT2D eigenvalue weighted by atomic mass is 15.3. The zero-order chi connectivity index (χ0) is 15.5. The van der Waals surface area contributed by atoms with Crippen LogP contribution in [0.2, 0.25) is 0 Å². The summed E-state index contributed by atoms with van der Waals surface area (Å²) in [5.41, 5.74) is 2.72. The number of aromatic nitrogens is 2. The van der Waals surface area contributed by atoms with Crippen LogP contribution in [0.4, 0.5) is 0 Å². The van der Waals surface area contributed by atoms with Crippen LogP contribution in [-0.4, -0.2) is 45.9 Å². The molecule has 4 nitrogen and oxygen atoms in total. The van der Waals surface area contributed by atoms with Crippen molar-refractivity contribution in [1.29, 1.82) is 0 Å². The lowest BCUT2D eigenvalue weighted by molar-refractivity contribution is 0.106. The molecule has 0 aliphatic carbocycles. The fraction of sp³-hybridized carbons (Fsp3) is 0.824. The van der Waals surface area contributed by atoms with Gasteiger partial charge in [0.2, 0.25) is 0 Å². The van der Waals surface area contributed by atoms with E-state index in [1.54, 1.807) is 0 Å². The van der Waals surface area contributed by atoms with E-state index in [1.807, 2.05) is 0 Å². The molecule has 21 heavy (non-hydrogen) atoms. The smallest absolute Gasteiger partial charge is 0.0624 e. The van der Waals surface area contributed by atoms with Crippen molar-refractivity contribution in [1.82, 2.24) is 20.0 Å². The fourth-order valence-electron chi connectivity index (χ4n) is 3.48. The molecule has 1 fully saturated rings. The Morgan fingerprint density at radius 2 is 1.95 bits per heavy atom. The van der Waals surface area contributed by atoms with Gasteiger partial charge in [0.15, 0.2) is 0 Å². The van der Waals surface area contributed by atoms with E-state index in [-0.39, 0.29) is 5.54 Å². The van der Waals surface area contributed by atoms with Crippen molar-refractivity contribution in [3.8, 4) is 0 Å². The molecule has 0 bridgehead atoms. The second-order valence-corrected chi connectivity index (χ2v) is 6.77. The van der Waals surface area contributed by atoms with E-state index in [1.165, 1.54) is 37.3 Å². The molecule has 2 heterocycles. The fourth-order valence-corrected chi connectivity index (χ4v) is 3.48. The maximum absolute atomic E-state index is 4.60. The molecule has 120 valence electrons. The molecule has 1 saturated heterocycles. The molecule has 0 amide bonds. The molecule has 0 saturated carbocycles. The predicted octanol–water partition coefficient (Wildman–Crippen LogP) is 2.38. The largest absolute Gasteiger partial charge is 0.312 e. The van der Waals surface area contributed by atoms with Crippen LogP contribution < -0.4 is 5.32 Å². The molecule has 4 heteroatoms. The van der Waals surface area contributed by atoms with E-state index >= 15 is 0 Å². The quantitative estimate of drug-likeness (QED) is 0.837. The molecular weight excluding hydrogens is 260 g/mol. The number of rotatable bonds is 7. The van der Waals surface area contributed by atoms with E-state index in [0.29, 0.717) is 6.04 Å². The minimum absolute atomic E-state index is 0.184. The minimum Gasteiger partial charge on any atom is -0.312 e. The van der Waals surface area contributed by atoms with E-state index in [9.17, 15) is 0 Å². The van der Waals surface area contributed by atoms with Crippen molar-refractivity contribution >= 4 is 0 Å². The first kappa shape index (κ1) is 16.5. The second kappa shape index (κ2) is 6.93. The average molecular weight is 292 g/mol. The number of likely N-dealkylation sites (tertiary alicyclic amines) is 1. The first-order valence-corrected chi connectivity index (χ1v) is 8.49. The average Bonchev–Trinajstić information content (AvgIpc) is 3.08. The zero-order valence-electron chi connectivity index (χ0n) is 14.4. The molecule has 1 atom stereocenters. The lowest BCUT2D eigenvalue weighted by atomic mass is 9.88. The van der Waals surface area contributed by atoms with Crippen molar-refractivity contribution in [3.63, 3.8) is 0 Å². The van der Waals surface area contributed by atoms with Gasteiger partial charge in [0.05, 0.1) is 5.69 Å². The highest BCUT2D eigenvalue weighted by molar-refractivity contribution is 5.13. The van der Waals surface area contributed by atoms with Crippen LogP contribution in [0.1, 0.15) is 51.9 Å². The molecule has 2 rings (SSSR count). The summed E-state index contributed by atoms with van der Waals surface area (Å²) < 4.78 is 2.06. The van der Waals surface area contributed by atoms with Gasteiger partial charge in [0.1, 0.15) is 0 Å². The van der Waals surface area contributed by atoms with Crippen molar-refractivity contribution in [3.05, 3.63) is 17.5 Å². The normalized spacial score (nSPS) is 18.3. The predicted molar refractivity (Wildman–Crippen MR) is 88.6 cm³/mol. The third-order valence-corrected chi connectivity index (χ3v) is 5.03. The second-order valence-electron chi connectivity index (χ2n) is 6.77. The molecule has 1 aromatic rings. The summed E-state index contributed by atoms with van der Waals surface area (Å²) in [6.45, 7) is 12.6. The van der Waals surface area contributed by atoms with E-state index in [0.717, 1.165) is 19.4 Å². The van der Waals surface area contributed by atoms with E-state index in [2.05, 4.69) is 60.8 Å². The molecular formula is C17H32N4. The third-order valence-electron chi connectivity index (χ3n) is 5.03. The van der Waals surface area contributed by atoms with E-state index in [4.69, 9.17) is 0 Å². The Kier molecular flexibility index (Phi) is 5.44. The van der Waals surface area contributed by atoms with Crippen molar-refractivity contribution in [2.24, 2.45) is 7.05 Å². The number of hydrogen-bond acceptors (Lipinski definition) is 3. The van der Waals surface area contributed by atoms with Gasteiger partial charge in [-0.15, -0.1) is 0 Å². The number of aryl methyl sites for hydroxylation is 2. The summed E-state index contributed by atoms with van der Waals surface area (Å²) in [5, 5.41) is 8.32. The van der Waals surface area contributed by atoms with Gasteiger partial charge < -0.3 is 5.32 Å². The van der Waals surface area contributed by atoms with Gasteiger partial charge in [-0.05, 0) is 58.8 Å². The Morgan fingerprint density at radius 3 is 2.48 bits per heavy atom. The summed E-state index contributed by atoms with van der Waals surface area (Å²) in [6, 6.07) is 2.73. The summed E-state index contributed by atoms with van der Waals surface area (Å²) in [7, 11) is 2.07. The summed E-state index contributed by atoms with van der Waals surface area (Å²) in [4.78, 5) is 2.65. The highest BCUT2D eigenvalue weighted by Crippen LogP contribution is 2.26. The topological polar surface area (TPSA) is 33.1 Å². The van der Waals surface area contributed by atoms with Crippen LogP contribution in [0, 0.1) is 0 Å². The van der Waals surface area contributed by atoms with Crippen molar-refractivity contribution < 1.29 is 0 Å². The van der Waals surface area contributed by atoms with Gasteiger partial charge in [-0.3, -0.25) is 9.58 Å². The minimum atomic E-state index is 0.184. The van der Waals surface area contributed by atoms with Crippen LogP contribution in [-0.2, 0) is 19.9 Å². The van der Waals surface area contributed by atoms with E-state index < -0.39 is 0 Å². The van der Waals surface area contributed by atoms with Crippen LogP contribution >= 0.6 is 0 Å². The number of hydrogen-bond donors (Lipinski definition) is 1. The Morgan fingerprint density at radius 1 is 1.29 bits per heavy atom. The maximum atomic E-state index is 4.60. The number of nitrogens with zero attached hydrogens (tertiary/aromatic N) is 3. The van der Waals surface area contributed by atoms with Crippen LogP contribution in [0.5, 0.6) is 0 Å². The Bertz CT molecular complexity index is 444. The third kappa shape index (κ3) is 3.67. The summed E-state index contributed by atoms with van der Waals surface area (Å²) in [6.07, 6.45) is 4.73. The van der Waals surface area contributed by atoms with Crippen molar-refractivity contribution in [2.45, 2.75) is 65.0 Å². The molecule has 1 aliphatic heterocycles. The molecule has 0 spiro atoms. The first-order chi connectivity index (χ1) is 9.98. The molecule has 0 radical (unpaired) electrons. The lowest BCUT2D eigenvalue weighted by Crippen LogP contribution is -2.57. The van der Waals surface area contributed by atoms with Gasteiger partial charge in [-0.1, -0.05) is 13.8 Å². The molecule has 1 aliphatic rings. The van der Waals surface area contributed by atoms with Crippen molar-refractivity contribution in [2.75, 3.05) is 19.6 Å².